The summed E-state index contributed by atoms with van der Waals surface area (Å²) < 4.78 is 31.1. The Bertz CT molecular complexity index is 1000. The number of rotatable bonds is 9. The van der Waals surface area contributed by atoms with Gasteiger partial charge in [-0.25, -0.2) is 0 Å². The van der Waals surface area contributed by atoms with E-state index in [1.165, 1.54) is 60.2 Å². The van der Waals surface area contributed by atoms with Gasteiger partial charge in [0, 0.05) is 23.0 Å². The summed E-state index contributed by atoms with van der Waals surface area (Å²) in [6.07, 6.45) is 6.57. The molecule has 0 atom stereocenters. The van der Waals surface area contributed by atoms with Crippen LogP contribution in [0, 0.1) is 0 Å². The molecule has 6 nitrogen and oxygen atoms in total. The highest BCUT2D eigenvalue weighted by Gasteiger charge is 2.23. The molecule has 0 unspecified atom stereocenters. The summed E-state index contributed by atoms with van der Waals surface area (Å²) in [5.41, 5.74) is 0.518. The molecule has 1 amide bonds. The average Bonchev–Trinajstić information content (AvgIpc) is 3.44. The summed E-state index contributed by atoms with van der Waals surface area (Å²) in [7, 11) is 0. The molecule has 170 valence electrons. The maximum atomic E-state index is 12.5. The number of nitrogens with zero attached hydrogens (tertiary/aromatic N) is 3. The lowest BCUT2D eigenvalue weighted by Crippen LogP contribution is -2.18. The Kier molecular flexibility index (Phi) is 7.75. The minimum absolute atomic E-state index is 0.0474. The van der Waals surface area contributed by atoms with E-state index in [-0.39, 0.29) is 17.4 Å². The minimum Gasteiger partial charge on any atom is -0.435 e. The fourth-order valence-electron chi connectivity index (χ4n) is 3.85. The van der Waals surface area contributed by atoms with Gasteiger partial charge >= 0.3 is 6.61 Å². The lowest BCUT2D eigenvalue weighted by Gasteiger charge is -2.25. The van der Waals surface area contributed by atoms with Gasteiger partial charge in [-0.05, 0) is 48.6 Å². The molecule has 0 spiro atoms. The fourth-order valence-corrected chi connectivity index (χ4v) is 5.37. The second kappa shape index (κ2) is 10.9. The van der Waals surface area contributed by atoms with Gasteiger partial charge < -0.3 is 14.6 Å². The number of hydrogen-bond donors (Lipinski definition) is 1. The summed E-state index contributed by atoms with van der Waals surface area (Å²) >= 11 is 3.07. The normalized spacial score (nSPS) is 14.6. The van der Waals surface area contributed by atoms with Gasteiger partial charge in [-0.1, -0.05) is 37.1 Å². The Hall–Kier alpha value is -2.46. The number of hydrogen-bond acceptors (Lipinski definition) is 6. The first-order valence-electron chi connectivity index (χ1n) is 10.5. The van der Waals surface area contributed by atoms with Crippen molar-refractivity contribution in [2.24, 2.45) is 0 Å². The second-order valence-electron chi connectivity index (χ2n) is 7.56. The maximum absolute atomic E-state index is 12.5. The van der Waals surface area contributed by atoms with Crippen molar-refractivity contribution in [2.75, 3.05) is 11.1 Å². The first-order chi connectivity index (χ1) is 15.6. The van der Waals surface area contributed by atoms with Crippen molar-refractivity contribution in [3.05, 3.63) is 52.5 Å². The van der Waals surface area contributed by atoms with E-state index in [4.69, 9.17) is 0 Å². The third kappa shape index (κ3) is 6.07. The number of nitrogens with one attached hydrogen (secondary N) is 1. The van der Waals surface area contributed by atoms with Crippen LogP contribution in [0.15, 0.2) is 46.9 Å². The molecular formula is C22H24F2N4O2S2. The third-order valence-electron chi connectivity index (χ3n) is 5.28. The van der Waals surface area contributed by atoms with Gasteiger partial charge in [-0.2, -0.15) is 8.78 Å². The van der Waals surface area contributed by atoms with Gasteiger partial charge in [0.1, 0.15) is 11.6 Å². The number of thiophene rings is 1. The zero-order valence-corrected chi connectivity index (χ0v) is 19.0. The third-order valence-corrected chi connectivity index (χ3v) is 7.10. The van der Waals surface area contributed by atoms with E-state index in [9.17, 15) is 13.6 Å². The van der Waals surface area contributed by atoms with Crippen LogP contribution in [0.25, 0.3) is 0 Å². The van der Waals surface area contributed by atoms with E-state index in [2.05, 4.69) is 36.3 Å². The maximum Gasteiger partial charge on any atom is 0.387 e. The Morgan fingerprint density at radius 1 is 1.19 bits per heavy atom. The van der Waals surface area contributed by atoms with Gasteiger partial charge in [0.2, 0.25) is 5.91 Å². The van der Waals surface area contributed by atoms with Crippen LogP contribution in [0.4, 0.5) is 14.5 Å². The van der Waals surface area contributed by atoms with Crippen molar-refractivity contribution in [2.45, 2.75) is 56.3 Å². The Balaban J connectivity index is 1.40. The lowest BCUT2D eigenvalue weighted by molar-refractivity contribution is -0.113. The molecule has 4 rings (SSSR count). The summed E-state index contributed by atoms with van der Waals surface area (Å²) in [6, 6.07) is 10.3. The van der Waals surface area contributed by atoms with Gasteiger partial charge in [-0.15, -0.1) is 21.5 Å². The topological polar surface area (TPSA) is 69.0 Å². The predicted octanol–water partition coefficient (Wildman–Crippen LogP) is 5.77. The average molecular weight is 479 g/mol. The molecule has 1 saturated carbocycles. The van der Waals surface area contributed by atoms with Crippen molar-refractivity contribution in [1.82, 2.24) is 14.8 Å². The summed E-state index contributed by atoms with van der Waals surface area (Å²) in [5, 5.41) is 14.5. The van der Waals surface area contributed by atoms with E-state index in [1.54, 1.807) is 11.3 Å². The Labute approximate surface area is 193 Å². The van der Waals surface area contributed by atoms with Crippen molar-refractivity contribution in [3.8, 4) is 5.75 Å². The molecule has 0 saturated heterocycles. The first-order valence-corrected chi connectivity index (χ1v) is 12.4. The van der Waals surface area contributed by atoms with Crippen LogP contribution in [-0.2, 0) is 11.2 Å². The summed E-state index contributed by atoms with van der Waals surface area (Å²) in [6.45, 7) is -2.88. The van der Waals surface area contributed by atoms with Gasteiger partial charge in [0.15, 0.2) is 5.16 Å². The number of benzene rings is 1. The van der Waals surface area contributed by atoms with E-state index >= 15 is 0 Å². The van der Waals surface area contributed by atoms with Crippen molar-refractivity contribution in [1.29, 1.82) is 0 Å². The molecule has 2 aromatic heterocycles. The molecule has 10 heteroatoms. The number of halogens is 2. The predicted molar refractivity (Wildman–Crippen MR) is 122 cm³/mol. The second-order valence-corrected chi connectivity index (χ2v) is 9.53. The zero-order chi connectivity index (χ0) is 22.3. The summed E-state index contributed by atoms with van der Waals surface area (Å²) in [4.78, 5) is 13.7. The number of alkyl halides is 2. The molecule has 2 heterocycles. The number of aromatic nitrogens is 3. The molecule has 0 aliphatic heterocycles. The molecule has 1 aliphatic carbocycles. The van der Waals surface area contributed by atoms with Gasteiger partial charge in [-0.3, -0.25) is 4.79 Å². The number of carbonyl (C=O) groups excluding carboxylic acids is 1. The molecule has 0 bridgehead atoms. The number of thioether (sulfide) groups is 1. The highest BCUT2D eigenvalue weighted by Crippen LogP contribution is 2.33. The lowest BCUT2D eigenvalue weighted by atomic mass is 9.95. The van der Waals surface area contributed by atoms with E-state index in [0.29, 0.717) is 11.7 Å². The van der Waals surface area contributed by atoms with Crippen LogP contribution >= 0.6 is 23.1 Å². The van der Waals surface area contributed by atoms with Gasteiger partial charge in [0.05, 0.1) is 5.75 Å². The minimum atomic E-state index is -2.88. The summed E-state index contributed by atoms with van der Waals surface area (Å²) in [5.74, 6) is 0.970. The van der Waals surface area contributed by atoms with Crippen molar-refractivity contribution >= 4 is 34.7 Å². The van der Waals surface area contributed by atoms with Crippen LogP contribution < -0.4 is 10.1 Å². The first kappa shape index (κ1) is 22.7. The number of ether oxygens (including phenoxy) is 1. The molecule has 1 N–H and O–H groups in total. The molecule has 0 radical (unpaired) electrons. The van der Waals surface area contributed by atoms with Crippen LogP contribution in [0.1, 0.15) is 48.8 Å². The van der Waals surface area contributed by atoms with Gasteiger partial charge in [0.25, 0.3) is 0 Å². The van der Waals surface area contributed by atoms with Crippen LogP contribution in [0.2, 0.25) is 0 Å². The highest BCUT2D eigenvalue weighted by molar-refractivity contribution is 7.99. The fraction of sp³-hybridized carbons (Fsp3) is 0.409. The van der Waals surface area contributed by atoms with E-state index < -0.39 is 6.61 Å². The molecule has 1 aliphatic rings. The molecule has 3 aromatic rings. The van der Waals surface area contributed by atoms with Crippen LogP contribution in [-0.4, -0.2) is 33.0 Å². The Morgan fingerprint density at radius 3 is 2.66 bits per heavy atom. The standard InChI is InChI=1S/C22H24F2N4O2S2/c23-21(24)30-17-10-8-15(9-11-17)25-20(29)14-32-22-27-26-19(13-18-7-4-12-31-18)28(22)16-5-2-1-3-6-16/h4,7-12,16,21H,1-3,5-6,13-14H2,(H,25,29). The van der Waals surface area contributed by atoms with Crippen LogP contribution in [0.3, 0.4) is 0 Å². The molecule has 1 aromatic carbocycles. The highest BCUT2D eigenvalue weighted by atomic mass is 32.2. The molecule has 32 heavy (non-hydrogen) atoms. The monoisotopic (exact) mass is 478 g/mol. The largest absolute Gasteiger partial charge is 0.435 e. The Morgan fingerprint density at radius 2 is 1.97 bits per heavy atom. The van der Waals surface area contributed by atoms with Crippen molar-refractivity contribution in [3.63, 3.8) is 0 Å². The number of anilines is 1. The SMILES string of the molecule is O=C(CSc1nnc(Cc2cccs2)n1C1CCCCC1)Nc1ccc(OC(F)F)cc1. The smallest absolute Gasteiger partial charge is 0.387 e. The number of carbonyl (C=O) groups is 1. The number of amides is 1. The molecule has 1 fully saturated rings. The molecular weight excluding hydrogens is 454 g/mol. The van der Waals surface area contributed by atoms with E-state index in [1.807, 2.05) is 6.07 Å². The van der Waals surface area contributed by atoms with Crippen molar-refractivity contribution < 1.29 is 18.3 Å². The van der Waals surface area contributed by atoms with E-state index in [0.717, 1.165) is 30.2 Å². The quantitative estimate of drug-likeness (QED) is 0.396. The zero-order valence-electron chi connectivity index (χ0n) is 17.4. The van der Waals surface area contributed by atoms with Crippen LogP contribution in [0.5, 0.6) is 5.75 Å².